The number of ether oxygens (including phenoxy) is 2. The molecule has 28 heavy (non-hydrogen) atoms. The Morgan fingerprint density at radius 2 is 2.00 bits per heavy atom. The molecular weight excluding hydrogens is 356 g/mol. The minimum Gasteiger partial charge on any atom is -0.493 e. The second kappa shape index (κ2) is 8.54. The van der Waals surface area contributed by atoms with E-state index in [-0.39, 0.29) is 12.1 Å². The minimum atomic E-state index is -0.0171. The topological polar surface area (TPSA) is 68.6 Å². The van der Waals surface area contributed by atoms with Crippen molar-refractivity contribution >= 4 is 6.03 Å². The summed E-state index contributed by atoms with van der Waals surface area (Å²) in [7, 11) is 5.20. The van der Waals surface area contributed by atoms with Gasteiger partial charge in [0.05, 0.1) is 26.0 Å². The van der Waals surface area contributed by atoms with Gasteiger partial charge in [0.15, 0.2) is 11.5 Å². The standard InChI is InChI=1S/C21H30N4O3/c1-14-17(15(2)24(3)23-14)10-11-22-21(26)25-12-6-7-18(25)16-8-9-19(27-4)20(13-16)28-5/h8-9,13,18H,6-7,10-12H2,1-5H3,(H,22,26). The van der Waals surface area contributed by atoms with E-state index in [0.717, 1.165) is 42.8 Å². The second-order valence-electron chi connectivity index (χ2n) is 7.22. The van der Waals surface area contributed by atoms with Gasteiger partial charge in [0, 0.05) is 25.8 Å². The van der Waals surface area contributed by atoms with Gasteiger partial charge in [-0.3, -0.25) is 4.68 Å². The molecule has 1 fully saturated rings. The normalized spacial score (nSPS) is 16.3. The Morgan fingerprint density at radius 1 is 1.25 bits per heavy atom. The van der Waals surface area contributed by atoms with E-state index in [4.69, 9.17) is 9.47 Å². The van der Waals surface area contributed by atoms with Crippen LogP contribution < -0.4 is 14.8 Å². The van der Waals surface area contributed by atoms with Gasteiger partial charge in [-0.15, -0.1) is 0 Å². The molecule has 1 N–H and O–H groups in total. The molecule has 3 rings (SSSR count). The molecule has 0 radical (unpaired) electrons. The van der Waals surface area contributed by atoms with Gasteiger partial charge in [0.25, 0.3) is 0 Å². The molecule has 0 saturated carbocycles. The van der Waals surface area contributed by atoms with Crippen LogP contribution in [0.4, 0.5) is 4.79 Å². The smallest absolute Gasteiger partial charge is 0.317 e. The predicted octanol–water partition coefficient (Wildman–Crippen LogP) is 3.14. The van der Waals surface area contributed by atoms with Crippen LogP contribution in [-0.4, -0.2) is 48.0 Å². The molecule has 0 aliphatic carbocycles. The quantitative estimate of drug-likeness (QED) is 0.828. The predicted molar refractivity (Wildman–Crippen MR) is 108 cm³/mol. The van der Waals surface area contributed by atoms with Gasteiger partial charge in [-0.05, 0) is 56.4 Å². The summed E-state index contributed by atoms with van der Waals surface area (Å²) < 4.78 is 12.6. The Hall–Kier alpha value is -2.70. The maximum absolute atomic E-state index is 12.8. The number of urea groups is 1. The Morgan fingerprint density at radius 3 is 2.64 bits per heavy atom. The number of methoxy groups -OCH3 is 2. The number of nitrogens with zero attached hydrogens (tertiary/aromatic N) is 3. The summed E-state index contributed by atoms with van der Waals surface area (Å²) in [5.74, 6) is 1.39. The summed E-state index contributed by atoms with van der Waals surface area (Å²) in [5, 5.41) is 7.52. The molecule has 2 amide bonds. The van der Waals surface area contributed by atoms with Crippen molar-refractivity contribution in [3.63, 3.8) is 0 Å². The van der Waals surface area contributed by atoms with Crippen molar-refractivity contribution in [2.45, 2.75) is 39.2 Å². The fourth-order valence-corrected chi connectivity index (χ4v) is 3.99. The molecule has 1 aromatic carbocycles. The summed E-state index contributed by atoms with van der Waals surface area (Å²) in [4.78, 5) is 14.7. The van der Waals surface area contributed by atoms with Crippen molar-refractivity contribution in [2.75, 3.05) is 27.3 Å². The third-order valence-electron chi connectivity index (χ3n) is 5.62. The zero-order valence-corrected chi connectivity index (χ0v) is 17.4. The number of hydrogen-bond donors (Lipinski definition) is 1. The molecule has 7 nitrogen and oxygen atoms in total. The monoisotopic (exact) mass is 386 g/mol. The van der Waals surface area contributed by atoms with E-state index in [1.165, 1.54) is 5.56 Å². The van der Waals surface area contributed by atoms with E-state index in [1.807, 2.05) is 41.8 Å². The van der Waals surface area contributed by atoms with Crippen LogP contribution in [0.2, 0.25) is 0 Å². The second-order valence-corrected chi connectivity index (χ2v) is 7.22. The molecule has 1 aliphatic heterocycles. The highest BCUT2D eigenvalue weighted by Crippen LogP contribution is 2.36. The molecular formula is C21H30N4O3. The Bertz CT molecular complexity index is 846. The third-order valence-corrected chi connectivity index (χ3v) is 5.62. The molecule has 152 valence electrons. The molecule has 2 aromatic rings. The number of nitrogens with one attached hydrogen (secondary N) is 1. The van der Waals surface area contributed by atoms with Crippen molar-refractivity contribution in [3.05, 3.63) is 40.7 Å². The minimum absolute atomic E-state index is 0.0171. The fourth-order valence-electron chi connectivity index (χ4n) is 3.99. The van der Waals surface area contributed by atoms with Gasteiger partial charge >= 0.3 is 6.03 Å². The highest BCUT2D eigenvalue weighted by Gasteiger charge is 2.30. The van der Waals surface area contributed by atoms with Gasteiger partial charge in [-0.25, -0.2) is 4.79 Å². The third kappa shape index (κ3) is 3.93. The Labute approximate surface area is 166 Å². The lowest BCUT2D eigenvalue weighted by Crippen LogP contribution is -2.40. The molecule has 0 spiro atoms. The van der Waals surface area contributed by atoms with Crippen molar-refractivity contribution in [3.8, 4) is 11.5 Å². The molecule has 1 aliphatic rings. The molecule has 1 saturated heterocycles. The van der Waals surface area contributed by atoms with Gasteiger partial charge < -0.3 is 19.7 Å². The van der Waals surface area contributed by atoms with Crippen LogP contribution in [0.25, 0.3) is 0 Å². The number of likely N-dealkylation sites (tertiary alicyclic amines) is 1. The molecule has 7 heteroatoms. The summed E-state index contributed by atoms with van der Waals surface area (Å²) in [6, 6.07) is 5.92. The number of aromatic nitrogens is 2. The lowest BCUT2D eigenvalue weighted by Gasteiger charge is -2.26. The zero-order chi connectivity index (χ0) is 20.3. The van der Waals surface area contributed by atoms with E-state index in [0.29, 0.717) is 18.0 Å². The van der Waals surface area contributed by atoms with Crippen LogP contribution >= 0.6 is 0 Å². The van der Waals surface area contributed by atoms with Gasteiger partial charge in [-0.1, -0.05) is 6.07 Å². The molecule has 1 atom stereocenters. The maximum atomic E-state index is 12.8. The number of rotatable bonds is 6. The molecule has 2 heterocycles. The molecule has 1 aromatic heterocycles. The largest absolute Gasteiger partial charge is 0.493 e. The van der Waals surface area contributed by atoms with Gasteiger partial charge in [0.1, 0.15) is 0 Å². The number of carbonyl (C=O) groups is 1. The average Bonchev–Trinajstić information content (AvgIpc) is 3.27. The van der Waals surface area contributed by atoms with Crippen molar-refractivity contribution in [1.82, 2.24) is 20.0 Å². The first-order valence-corrected chi connectivity index (χ1v) is 9.71. The van der Waals surface area contributed by atoms with Crippen molar-refractivity contribution < 1.29 is 14.3 Å². The first-order chi connectivity index (χ1) is 13.5. The first kappa shape index (κ1) is 20.0. The lowest BCUT2D eigenvalue weighted by molar-refractivity contribution is 0.193. The van der Waals surface area contributed by atoms with E-state index < -0.39 is 0 Å². The van der Waals surface area contributed by atoms with Crippen molar-refractivity contribution in [2.24, 2.45) is 7.05 Å². The number of amides is 2. The average molecular weight is 386 g/mol. The van der Waals surface area contributed by atoms with Gasteiger partial charge in [0.2, 0.25) is 0 Å². The maximum Gasteiger partial charge on any atom is 0.317 e. The van der Waals surface area contributed by atoms with Crippen LogP contribution in [0, 0.1) is 13.8 Å². The van der Waals surface area contributed by atoms with Crippen LogP contribution in [0.1, 0.15) is 41.4 Å². The number of benzene rings is 1. The van der Waals surface area contributed by atoms with E-state index in [1.54, 1.807) is 14.2 Å². The molecule has 1 unspecified atom stereocenters. The summed E-state index contributed by atoms with van der Waals surface area (Å²) in [5.41, 5.74) is 4.46. The zero-order valence-electron chi connectivity index (χ0n) is 17.4. The fraction of sp³-hybridized carbons (Fsp3) is 0.524. The van der Waals surface area contributed by atoms with Crippen LogP contribution in [-0.2, 0) is 13.5 Å². The Kier molecular flexibility index (Phi) is 6.11. The van der Waals surface area contributed by atoms with E-state index in [9.17, 15) is 4.79 Å². The first-order valence-electron chi connectivity index (χ1n) is 9.71. The van der Waals surface area contributed by atoms with Gasteiger partial charge in [-0.2, -0.15) is 5.10 Å². The van der Waals surface area contributed by atoms with Crippen LogP contribution in [0.5, 0.6) is 11.5 Å². The molecule has 0 bridgehead atoms. The summed E-state index contributed by atoms with van der Waals surface area (Å²) in [6.45, 7) is 5.43. The van der Waals surface area contributed by atoms with Crippen LogP contribution in [0.3, 0.4) is 0 Å². The lowest BCUT2D eigenvalue weighted by atomic mass is 10.0. The van der Waals surface area contributed by atoms with Crippen molar-refractivity contribution in [1.29, 1.82) is 0 Å². The van der Waals surface area contributed by atoms with E-state index in [2.05, 4.69) is 17.3 Å². The highest BCUT2D eigenvalue weighted by atomic mass is 16.5. The summed E-state index contributed by atoms with van der Waals surface area (Å²) >= 11 is 0. The number of aryl methyl sites for hydroxylation is 2. The number of carbonyl (C=O) groups excluding carboxylic acids is 1. The highest BCUT2D eigenvalue weighted by molar-refractivity contribution is 5.75. The van der Waals surface area contributed by atoms with Crippen LogP contribution in [0.15, 0.2) is 18.2 Å². The SMILES string of the molecule is COc1ccc(C2CCCN2C(=O)NCCc2c(C)nn(C)c2C)cc1OC. The number of hydrogen-bond acceptors (Lipinski definition) is 4. The summed E-state index contributed by atoms with van der Waals surface area (Å²) in [6.07, 6.45) is 2.73. The van der Waals surface area contributed by atoms with E-state index >= 15 is 0 Å². The Balaban J connectivity index is 1.64.